The summed E-state index contributed by atoms with van der Waals surface area (Å²) in [4.78, 5) is 9.48. The summed E-state index contributed by atoms with van der Waals surface area (Å²) in [5, 5.41) is 0. The number of piperazine rings is 1. The van der Waals surface area contributed by atoms with Gasteiger partial charge >= 0.3 is 0 Å². The van der Waals surface area contributed by atoms with Gasteiger partial charge in [-0.25, -0.2) is 4.98 Å². The Bertz CT molecular complexity index is 370. The summed E-state index contributed by atoms with van der Waals surface area (Å²) in [5.74, 6) is 1.09. The van der Waals surface area contributed by atoms with Gasteiger partial charge in [0.25, 0.3) is 0 Å². The molecule has 0 atom stereocenters. The van der Waals surface area contributed by atoms with Crippen LogP contribution in [0, 0.1) is 6.92 Å². The van der Waals surface area contributed by atoms with E-state index in [-0.39, 0.29) is 0 Å². The highest BCUT2D eigenvalue weighted by Gasteiger charge is 2.18. The number of nitrogens with two attached hydrogens (primary N) is 1. The van der Waals surface area contributed by atoms with Gasteiger partial charge in [-0.2, -0.15) is 0 Å². The van der Waals surface area contributed by atoms with Crippen molar-refractivity contribution in [3.8, 4) is 0 Å². The van der Waals surface area contributed by atoms with Gasteiger partial charge < -0.3 is 15.5 Å². The van der Waals surface area contributed by atoms with Crippen LogP contribution >= 0.6 is 0 Å². The summed E-state index contributed by atoms with van der Waals surface area (Å²) < 4.78 is 0. The molecule has 0 bridgehead atoms. The third kappa shape index (κ3) is 2.76. The van der Waals surface area contributed by atoms with Gasteiger partial charge in [-0.1, -0.05) is 13.0 Å². The molecule has 0 amide bonds. The van der Waals surface area contributed by atoms with Crippen molar-refractivity contribution in [3.05, 3.63) is 23.4 Å². The van der Waals surface area contributed by atoms with Gasteiger partial charge in [-0.15, -0.1) is 0 Å². The summed E-state index contributed by atoms with van der Waals surface area (Å²) >= 11 is 0. The molecule has 4 nitrogen and oxygen atoms in total. The quantitative estimate of drug-likeness (QED) is 0.847. The van der Waals surface area contributed by atoms with E-state index in [2.05, 4.69) is 27.8 Å². The molecule has 0 unspecified atom stereocenters. The Morgan fingerprint density at radius 1 is 1.24 bits per heavy atom. The average Bonchev–Trinajstić information content (AvgIpc) is 2.39. The first-order chi connectivity index (χ1) is 8.24. The number of rotatable bonds is 3. The molecule has 0 aromatic carbocycles. The lowest BCUT2D eigenvalue weighted by Crippen LogP contribution is -2.46. The minimum Gasteiger partial charge on any atom is -0.354 e. The van der Waals surface area contributed by atoms with Crippen molar-refractivity contribution < 1.29 is 0 Å². The fourth-order valence-electron chi connectivity index (χ4n) is 2.28. The van der Waals surface area contributed by atoms with Crippen molar-refractivity contribution in [2.75, 3.05) is 37.6 Å². The smallest absolute Gasteiger partial charge is 0.133 e. The molecule has 0 saturated carbocycles. The third-order valence-corrected chi connectivity index (χ3v) is 3.43. The number of likely N-dealkylation sites (N-methyl/N-ethyl adjacent to an activating group) is 1. The molecule has 0 radical (unpaired) electrons. The first-order valence-electron chi connectivity index (χ1n) is 6.38. The highest BCUT2D eigenvalue weighted by atomic mass is 15.3. The second-order valence-electron chi connectivity index (χ2n) is 4.56. The SMILES string of the molecule is CCN1CCN(c2nc(C)ccc2CN)CC1. The van der Waals surface area contributed by atoms with E-state index in [1.807, 2.05) is 13.0 Å². The van der Waals surface area contributed by atoms with E-state index >= 15 is 0 Å². The minimum absolute atomic E-state index is 0.566. The minimum atomic E-state index is 0.566. The molecule has 94 valence electrons. The number of hydrogen-bond donors (Lipinski definition) is 1. The second-order valence-corrected chi connectivity index (χ2v) is 4.56. The maximum atomic E-state index is 5.78. The highest BCUT2D eigenvalue weighted by molar-refractivity contribution is 5.48. The van der Waals surface area contributed by atoms with Crippen molar-refractivity contribution in [2.45, 2.75) is 20.4 Å². The van der Waals surface area contributed by atoms with Crippen LogP contribution in [0.1, 0.15) is 18.2 Å². The van der Waals surface area contributed by atoms with Gasteiger partial charge in [0.2, 0.25) is 0 Å². The molecular weight excluding hydrogens is 212 g/mol. The van der Waals surface area contributed by atoms with Crippen LogP contribution < -0.4 is 10.6 Å². The Balaban J connectivity index is 2.14. The standard InChI is InChI=1S/C13H22N4/c1-3-16-6-8-17(9-7-16)13-12(10-14)5-4-11(2)15-13/h4-5H,3,6-10,14H2,1-2H3. The predicted molar refractivity (Wildman–Crippen MR) is 71.2 cm³/mol. The van der Waals surface area contributed by atoms with Crippen molar-refractivity contribution in [2.24, 2.45) is 5.73 Å². The van der Waals surface area contributed by atoms with Crippen LogP contribution in [-0.2, 0) is 6.54 Å². The van der Waals surface area contributed by atoms with Crippen LogP contribution in [0.2, 0.25) is 0 Å². The number of pyridine rings is 1. The molecule has 0 aliphatic carbocycles. The lowest BCUT2D eigenvalue weighted by atomic mass is 10.2. The molecule has 2 heterocycles. The zero-order chi connectivity index (χ0) is 12.3. The lowest BCUT2D eigenvalue weighted by molar-refractivity contribution is 0.270. The molecule has 17 heavy (non-hydrogen) atoms. The van der Waals surface area contributed by atoms with Gasteiger partial charge in [0.1, 0.15) is 5.82 Å². The van der Waals surface area contributed by atoms with E-state index in [0.717, 1.165) is 49.8 Å². The molecular formula is C13H22N4. The zero-order valence-electron chi connectivity index (χ0n) is 10.8. The fourth-order valence-corrected chi connectivity index (χ4v) is 2.28. The molecule has 2 N–H and O–H groups in total. The first kappa shape index (κ1) is 12.3. The number of nitrogens with zero attached hydrogens (tertiary/aromatic N) is 3. The van der Waals surface area contributed by atoms with Gasteiger partial charge in [0, 0.05) is 44.0 Å². The Morgan fingerprint density at radius 2 is 1.94 bits per heavy atom. The molecule has 1 saturated heterocycles. The first-order valence-corrected chi connectivity index (χ1v) is 6.38. The van der Waals surface area contributed by atoms with Crippen molar-refractivity contribution in [1.29, 1.82) is 0 Å². The fraction of sp³-hybridized carbons (Fsp3) is 0.615. The van der Waals surface area contributed by atoms with Gasteiger partial charge in [0.15, 0.2) is 0 Å². The molecule has 1 fully saturated rings. The van der Waals surface area contributed by atoms with Crippen LogP contribution in [0.3, 0.4) is 0 Å². The molecule has 1 aliphatic rings. The Kier molecular flexibility index (Phi) is 3.97. The van der Waals surface area contributed by atoms with Crippen LogP contribution in [0.15, 0.2) is 12.1 Å². The Hall–Kier alpha value is -1.13. The van der Waals surface area contributed by atoms with E-state index in [1.165, 1.54) is 0 Å². The zero-order valence-corrected chi connectivity index (χ0v) is 10.8. The van der Waals surface area contributed by atoms with E-state index < -0.39 is 0 Å². The summed E-state index contributed by atoms with van der Waals surface area (Å²) in [6.07, 6.45) is 0. The van der Waals surface area contributed by atoms with E-state index in [0.29, 0.717) is 6.54 Å². The summed E-state index contributed by atoms with van der Waals surface area (Å²) in [7, 11) is 0. The Morgan fingerprint density at radius 3 is 2.53 bits per heavy atom. The maximum Gasteiger partial charge on any atom is 0.133 e. The maximum absolute atomic E-state index is 5.78. The van der Waals surface area contributed by atoms with Crippen molar-refractivity contribution >= 4 is 5.82 Å². The monoisotopic (exact) mass is 234 g/mol. The van der Waals surface area contributed by atoms with Crippen LogP contribution in [0.25, 0.3) is 0 Å². The predicted octanol–water partition coefficient (Wildman–Crippen LogP) is 0.991. The Labute approximate surface area is 103 Å². The number of aryl methyl sites for hydroxylation is 1. The summed E-state index contributed by atoms with van der Waals surface area (Å²) in [6, 6.07) is 4.14. The number of hydrogen-bond acceptors (Lipinski definition) is 4. The third-order valence-electron chi connectivity index (χ3n) is 3.43. The molecule has 0 spiro atoms. The molecule has 1 aliphatic heterocycles. The van der Waals surface area contributed by atoms with E-state index in [9.17, 15) is 0 Å². The van der Waals surface area contributed by atoms with Gasteiger partial charge in [-0.3, -0.25) is 0 Å². The summed E-state index contributed by atoms with van der Waals surface area (Å²) in [5.41, 5.74) is 8.00. The van der Waals surface area contributed by atoms with Crippen LogP contribution in [0.4, 0.5) is 5.82 Å². The van der Waals surface area contributed by atoms with Gasteiger partial charge in [0.05, 0.1) is 0 Å². The largest absolute Gasteiger partial charge is 0.354 e. The van der Waals surface area contributed by atoms with Gasteiger partial charge in [-0.05, 0) is 19.5 Å². The molecule has 2 rings (SSSR count). The van der Waals surface area contributed by atoms with E-state index in [4.69, 9.17) is 5.73 Å². The molecule has 1 aromatic rings. The lowest BCUT2D eigenvalue weighted by Gasteiger charge is -2.35. The van der Waals surface area contributed by atoms with Crippen molar-refractivity contribution in [1.82, 2.24) is 9.88 Å². The normalized spacial score (nSPS) is 17.5. The average molecular weight is 234 g/mol. The highest BCUT2D eigenvalue weighted by Crippen LogP contribution is 2.19. The number of aromatic nitrogens is 1. The van der Waals surface area contributed by atoms with Crippen molar-refractivity contribution in [3.63, 3.8) is 0 Å². The van der Waals surface area contributed by atoms with Crippen LogP contribution in [-0.4, -0.2) is 42.6 Å². The van der Waals surface area contributed by atoms with Crippen LogP contribution in [0.5, 0.6) is 0 Å². The topological polar surface area (TPSA) is 45.4 Å². The van der Waals surface area contributed by atoms with E-state index in [1.54, 1.807) is 0 Å². The second kappa shape index (κ2) is 5.47. The molecule has 4 heteroatoms. The molecule has 1 aromatic heterocycles. The summed E-state index contributed by atoms with van der Waals surface area (Å²) in [6.45, 7) is 10.3. The number of anilines is 1.